The van der Waals surface area contributed by atoms with Crippen LogP contribution in [-0.4, -0.2) is 0 Å². The Hall–Kier alpha value is -2.87. The summed E-state index contributed by atoms with van der Waals surface area (Å²) in [5.74, 6) is 0.678. The van der Waals surface area contributed by atoms with Crippen molar-refractivity contribution < 1.29 is 4.42 Å². The minimum absolute atomic E-state index is 0.0634. The molecular weight excluding hydrogens is 344 g/mol. The first-order chi connectivity index (χ1) is 13.5. The van der Waals surface area contributed by atoms with Gasteiger partial charge in [-0.05, 0) is 64.7 Å². The Kier molecular flexibility index (Phi) is 6.30. The Balaban J connectivity index is 2.04. The Morgan fingerprint density at radius 1 is 1.00 bits per heavy atom. The zero-order valence-corrected chi connectivity index (χ0v) is 17.2. The van der Waals surface area contributed by atoms with Crippen LogP contribution in [0.15, 0.2) is 81.0 Å². The molecular formula is C26H28O2. The Labute approximate surface area is 167 Å². The Morgan fingerprint density at radius 3 is 2.46 bits per heavy atom. The lowest BCUT2D eigenvalue weighted by atomic mass is 10.00. The lowest BCUT2D eigenvalue weighted by Gasteiger charge is -2.10. The van der Waals surface area contributed by atoms with E-state index >= 15 is 0 Å². The van der Waals surface area contributed by atoms with E-state index in [-0.39, 0.29) is 5.43 Å². The highest BCUT2D eigenvalue weighted by molar-refractivity contribution is 5.81. The van der Waals surface area contributed by atoms with Crippen molar-refractivity contribution >= 4 is 11.0 Å². The second-order valence-corrected chi connectivity index (χ2v) is 7.68. The molecule has 0 aliphatic carbocycles. The third kappa shape index (κ3) is 4.69. The summed E-state index contributed by atoms with van der Waals surface area (Å²) in [6.07, 6.45) is 7.03. The molecule has 1 heterocycles. The van der Waals surface area contributed by atoms with Crippen molar-refractivity contribution in [3.05, 3.63) is 93.2 Å². The molecule has 0 spiro atoms. The maximum Gasteiger partial charge on any atom is 0.196 e. The first-order valence-corrected chi connectivity index (χ1v) is 9.86. The van der Waals surface area contributed by atoms with Crippen molar-refractivity contribution in [3.8, 4) is 11.3 Å². The summed E-state index contributed by atoms with van der Waals surface area (Å²) in [5, 5.41) is 0.649. The molecule has 2 aromatic carbocycles. The molecule has 0 N–H and O–H groups in total. The molecule has 0 aliphatic heterocycles. The molecule has 0 atom stereocenters. The van der Waals surface area contributed by atoms with Crippen LogP contribution in [0.4, 0.5) is 0 Å². The molecule has 0 radical (unpaired) electrons. The van der Waals surface area contributed by atoms with Crippen LogP contribution in [0, 0.1) is 6.92 Å². The van der Waals surface area contributed by atoms with Crippen LogP contribution in [0.3, 0.4) is 0 Å². The zero-order valence-electron chi connectivity index (χ0n) is 17.2. The topological polar surface area (TPSA) is 30.2 Å². The molecule has 2 nitrogen and oxygen atoms in total. The van der Waals surface area contributed by atoms with Crippen LogP contribution in [0.2, 0.25) is 0 Å². The Morgan fingerprint density at radius 2 is 1.75 bits per heavy atom. The van der Waals surface area contributed by atoms with Gasteiger partial charge in [0.05, 0.1) is 5.39 Å². The van der Waals surface area contributed by atoms with Crippen molar-refractivity contribution in [3.63, 3.8) is 0 Å². The summed E-state index contributed by atoms with van der Waals surface area (Å²) in [7, 11) is 0. The van der Waals surface area contributed by atoms with Gasteiger partial charge in [-0.3, -0.25) is 4.79 Å². The van der Waals surface area contributed by atoms with E-state index in [9.17, 15) is 4.79 Å². The molecule has 0 amide bonds. The molecule has 0 saturated heterocycles. The fourth-order valence-corrected chi connectivity index (χ4v) is 3.31. The molecule has 144 valence electrons. The second-order valence-electron chi connectivity index (χ2n) is 7.68. The number of rotatable bonds is 6. The second kappa shape index (κ2) is 8.88. The number of aryl methyl sites for hydroxylation is 1. The van der Waals surface area contributed by atoms with Gasteiger partial charge < -0.3 is 4.42 Å². The SMILES string of the molecule is CC(C)=CCCC(C)=CCc1c(-c2ccccc2)oc2cc(C)ccc2c1=O. The summed E-state index contributed by atoms with van der Waals surface area (Å²) in [6, 6.07) is 15.7. The molecule has 0 unspecified atom stereocenters. The summed E-state index contributed by atoms with van der Waals surface area (Å²) in [6.45, 7) is 8.38. The van der Waals surface area contributed by atoms with Gasteiger partial charge in [0, 0.05) is 11.1 Å². The highest BCUT2D eigenvalue weighted by atomic mass is 16.3. The lowest BCUT2D eigenvalue weighted by Crippen LogP contribution is -2.11. The summed E-state index contributed by atoms with van der Waals surface area (Å²) in [5.41, 5.74) is 6.09. The highest BCUT2D eigenvalue weighted by Gasteiger charge is 2.15. The van der Waals surface area contributed by atoms with Crippen LogP contribution < -0.4 is 5.43 Å². The number of allylic oxidation sites excluding steroid dienone is 4. The monoisotopic (exact) mass is 372 g/mol. The first-order valence-electron chi connectivity index (χ1n) is 9.86. The average Bonchev–Trinajstić information content (AvgIpc) is 2.67. The van der Waals surface area contributed by atoms with Gasteiger partial charge in [-0.2, -0.15) is 0 Å². The first kappa shape index (κ1) is 19.9. The molecule has 0 bridgehead atoms. The smallest absolute Gasteiger partial charge is 0.196 e. The summed E-state index contributed by atoms with van der Waals surface area (Å²) in [4.78, 5) is 13.3. The molecule has 0 saturated carbocycles. The van der Waals surface area contributed by atoms with Crippen molar-refractivity contribution in [1.29, 1.82) is 0 Å². The van der Waals surface area contributed by atoms with Gasteiger partial charge in [-0.1, -0.05) is 59.7 Å². The normalized spacial score (nSPS) is 11.6. The van der Waals surface area contributed by atoms with Gasteiger partial charge in [-0.15, -0.1) is 0 Å². The molecule has 2 heteroatoms. The van der Waals surface area contributed by atoms with E-state index < -0.39 is 0 Å². The molecule has 3 aromatic rings. The van der Waals surface area contributed by atoms with Gasteiger partial charge in [0.1, 0.15) is 11.3 Å². The van der Waals surface area contributed by atoms with Crippen LogP contribution in [0.25, 0.3) is 22.3 Å². The zero-order chi connectivity index (χ0) is 20.1. The van der Waals surface area contributed by atoms with Gasteiger partial charge in [0.25, 0.3) is 0 Å². The molecule has 0 fully saturated rings. The standard InChI is InChI=1S/C26H28O2/c1-18(2)9-8-10-19(3)13-16-23-25(27)22-15-14-20(4)17-24(22)28-26(23)21-11-6-5-7-12-21/h5-7,9,11-15,17H,8,10,16H2,1-4H3. The summed E-state index contributed by atoms with van der Waals surface area (Å²) >= 11 is 0. The lowest BCUT2D eigenvalue weighted by molar-refractivity contribution is 0.611. The van der Waals surface area contributed by atoms with Crippen LogP contribution >= 0.6 is 0 Å². The molecule has 0 aliphatic rings. The molecule has 3 rings (SSSR count). The van der Waals surface area contributed by atoms with Gasteiger partial charge in [0.2, 0.25) is 0 Å². The van der Waals surface area contributed by atoms with E-state index in [2.05, 4.69) is 32.9 Å². The van der Waals surface area contributed by atoms with Crippen molar-refractivity contribution in [2.75, 3.05) is 0 Å². The van der Waals surface area contributed by atoms with E-state index in [0.717, 1.165) is 29.5 Å². The van der Waals surface area contributed by atoms with Crippen molar-refractivity contribution in [1.82, 2.24) is 0 Å². The quantitative estimate of drug-likeness (QED) is 0.436. The Bertz CT molecular complexity index is 1080. The van der Waals surface area contributed by atoms with Gasteiger partial charge in [-0.25, -0.2) is 0 Å². The van der Waals surface area contributed by atoms with Crippen LogP contribution in [0.1, 0.15) is 44.7 Å². The van der Waals surface area contributed by atoms with Crippen LogP contribution in [0.5, 0.6) is 0 Å². The number of benzene rings is 2. The minimum atomic E-state index is 0.0634. The van der Waals surface area contributed by atoms with Gasteiger partial charge in [0.15, 0.2) is 5.43 Å². The van der Waals surface area contributed by atoms with E-state index in [1.54, 1.807) is 0 Å². The molecule has 28 heavy (non-hydrogen) atoms. The predicted octanol–water partition coefficient (Wildman–Crippen LogP) is 7.00. The predicted molar refractivity (Wildman–Crippen MR) is 119 cm³/mol. The molecule has 1 aromatic heterocycles. The van der Waals surface area contributed by atoms with Crippen LogP contribution in [-0.2, 0) is 6.42 Å². The van der Waals surface area contributed by atoms with Crippen molar-refractivity contribution in [2.45, 2.75) is 47.0 Å². The fraction of sp³-hybridized carbons (Fsp3) is 0.269. The third-order valence-electron chi connectivity index (χ3n) is 4.92. The minimum Gasteiger partial charge on any atom is -0.456 e. The average molecular weight is 373 g/mol. The van der Waals surface area contributed by atoms with E-state index in [1.165, 1.54) is 11.1 Å². The summed E-state index contributed by atoms with van der Waals surface area (Å²) < 4.78 is 6.25. The number of hydrogen-bond acceptors (Lipinski definition) is 2. The maximum atomic E-state index is 13.3. The van der Waals surface area contributed by atoms with Crippen molar-refractivity contribution in [2.24, 2.45) is 0 Å². The van der Waals surface area contributed by atoms with E-state index in [4.69, 9.17) is 4.42 Å². The highest BCUT2D eigenvalue weighted by Crippen LogP contribution is 2.27. The number of fused-ring (bicyclic) bond motifs is 1. The fourth-order valence-electron chi connectivity index (χ4n) is 3.31. The van der Waals surface area contributed by atoms with E-state index in [1.807, 2.05) is 55.5 Å². The van der Waals surface area contributed by atoms with E-state index in [0.29, 0.717) is 23.2 Å². The van der Waals surface area contributed by atoms with Gasteiger partial charge >= 0.3 is 0 Å². The maximum absolute atomic E-state index is 13.3. The third-order valence-corrected chi connectivity index (χ3v) is 4.92. The number of hydrogen-bond donors (Lipinski definition) is 0. The largest absolute Gasteiger partial charge is 0.456 e.